The molecule has 0 aliphatic carbocycles. The van der Waals surface area contributed by atoms with Gasteiger partial charge in [-0.05, 0) is 31.0 Å². The van der Waals surface area contributed by atoms with Gasteiger partial charge in [0.05, 0.1) is 0 Å². The Kier molecular flexibility index (Phi) is 3.94. The second-order valence-corrected chi connectivity index (χ2v) is 5.14. The fourth-order valence-electron chi connectivity index (χ4n) is 1.54. The minimum Gasteiger partial charge on any atom is -0.308 e. The second-order valence-electron chi connectivity index (χ2n) is 3.91. The summed E-state index contributed by atoms with van der Waals surface area (Å²) in [4.78, 5) is 16.9. The zero-order valence-electron chi connectivity index (χ0n) is 10.4. The molecule has 2 N–H and O–H groups in total. The molecule has 1 aromatic carbocycles. The van der Waals surface area contributed by atoms with E-state index in [4.69, 9.17) is 0 Å². The minimum atomic E-state index is -0.266. The summed E-state index contributed by atoms with van der Waals surface area (Å²) in [5.74, 6) is 0. The molecule has 0 saturated carbocycles. The summed E-state index contributed by atoms with van der Waals surface area (Å²) >= 11 is 1.45. The van der Waals surface area contributed by atoms with Crippen molar-refractivity contribution in [2.45, 2.75) is 20.3 Å². The number of rotatable bonds is 3. The number of nitrogens with one attached hydrogen (secondary N) is 2. The van der Waals surface area contributed by atoms with E-state index in [0.29, 0.717) is 5.13 Å². The monoisotopic (exact) mass is 261 g/mol. The Balaban J connectivity index is 1.98. The number of anilines is 2. The fraction of sp³-hybridized carbons (Fsp3) is 0.231. The van der Waals surface area contributed by atoms with Crippen molar-refractivity contribution in [3.8, 4) is 0 Å². The quantitative estimate of drug-likeness (QED) is 0.886. The van der Waals surface area contributed by atoms with Crippen molar-refractivity contribution in [1.82, 2.24) is 4.98 Å². The number of benzene rings is 1. The van der Waals surface area contributed by atoms with Crippen molar-refractivity contribution < 1.29 is 4.79 Å². The standard InChI is InChI=1S/C13H15N3OS/c1-3-10-5-4-6-11(7-10)15-12(17)16-13-14-8-9(2)18-13/h4-8H,3H2,1-2H3,(H2,14,15,16,17). The Labute approximate surface area is 110 Å². The van der Waals surface area contributed by atoms with Gasteiger partial charge in [-0.25, -0.2) is 9.78 Å². The minimum absolute atomic E-state index is 0.266. The number of carbonyl (C=O) groups excluding carboxylic acids is 1. The molecule has 2 rings (SSSR count). The highest BCUT2D eigenvalue weighted by atomic mass is 32.1. The van der Waals surface area contributed by atoms with Crippen LogP contribution in [0.5, 0.6) is 0 Å². The summed E-state index contributed by atoms with van der Waals surface area (Å²) in [5.41, 5.74) is 1.98. The Morgan fingerprint density at radius 2 is 2.22 bits per heavy atom. The Hall–Kier alpha value is -1.88. The number of carbonyl (C=O) groups is 1. The van der Waals surface area contributed by atoms with Gasteiger partial charge in [-0.3, -0.25) is 5.32 Å². The Morgan fingerprint density at radius 1 is 1.39 bits per heavy atom. The molecule has 2 aromatic rings. The zero-order chi connectivity index (χ0) is 13.0. The van der Waals surface area contributed by atoms with Gasteiger partial charge in [0, 0.05) is 16.8 Å². The number of urea groups is 1. The first kappa shape index (κ1) is 12.6. The summed E-state index contributed by atoms with van der Waals surface area (Å²) < 4.78 is 0. The maximum Gasteiger partial charge on any atom is 0.325 e. The number of hydrogen-bond donors (Lipinski definition) is 2. The van der Waals surface area contributed by atoms with Crippen molar-refractivity contribution in [2.75, 3.05) is 10.6 Å². The number of aryl methyl sites for hydroxylation is 2. The van der Waals surface area contributed by atoms with E-state index in [0.717, 1.165) is 17.0 Å². The van der Waals surface area contributed by atoms with E-state index in [2.05, 4.69) is 22.5 Å². The lowest BCUT2D eigenvalue weighted by Crippen LogP contribution is -2.19. The molecule has 94 valence electrons. The predicted molar refractivity (Wildman–Crippen MR) is 75.3 cm³/mol. The van der Waals surface area contributed by atoms with Crippen LogP contribution in [0.4, 0.5) is 15.6 Å². The van der Waals surface area contributed by atoms with Crippen molar-refractivity contribution in [1.29, 1.82) is 0 Å². The summed E-state index contributed by atoms with van der Waals surface area (Å²) in [7, 11) is 0. The first-order valence-corrected chi connectivity index (χ1v) is 6.58. The maximum atomic E-state index is 11.7. The third kappa shape index (κ3) is 3.30. The molecule has 0 atom stereocenters. The maximum absolute atomic E-state index is 11.7. The SMILES string of the molecule is CCc1cccc(NC(=O)Nc2ncc(C)s2)c1. The summed E-state index contributed by atoms with van der Waals surface area (Å²) in [6.07, 6.45) is 2.68. The van der Waals surface area contributed by atoms with E-state index in [9.17, 15) is 4.79 Å². The Morgan fingerprint density at radius 3 is 2.89 bits per heavy atom. The number of thiazole rings is 1. The van der Waals surface area contributed by atoms with Gasteiger partial charge in [0.15, 0.2) is 5.13 Å². The third-order valence-corrected chi connectivity index (χ3v) is 3.26. The van der Waals surface area contributed by atoms with Crippen LogP contribution in [0.25, 0.3) is 0 Å². The molecule has 0 unspecified atom stereocenters. The summed E-state index contributed by atoms with van der Waals surface area (Å²) in [6, 6.07) is 7.53. The van der Waals surface area contributed by atoms with E-state index in [1.54, 1.807) is 6.20 Å². The molecule has 0 fully saturated rings. The molecule has 5 heteroatoms. The molecule has 0 aliphatic heterocycles. The average Bonchev–Trinajstić information content (AvgIpc) is 2.74. The van der Waals surface area contributed by atoms with E-state index < -0.39 is 0 Å². The molecule has 1 heterocycles. The molecule has 0 bridgehead atoms. The molecule has 0 spiro atoms. The summed E-state index contributed by atoms with van der Waals surface area (Å²) in [5, 5.41) is 6.11. The van der Waals surface area contributed by atoms with E-state index in [1.165, 1.54) is 16.9 Å². The number of hydrogen-bond acceptors (Lipinski definition) is 3. The van der Waals surface area contributed by atoms with Gasteiger partial charge in [-0.15, -0.1) is 11.3 Å². The van der Waals surface area contributed by atoms with E-state index in [1.807, 2.05) is 31.2 Å². The van der Waals surface area contributed by atoms with Crippen LogP contribution in [0.1, 0.15) is 17.4 Å². The Bertz CT molecular complexity index is 551. The average molecular weight is 261 g/mol. The molecular formula is C13H15N3OS. The molecule has 2 amide bonds. The smallest absolute Gasteiger partial charge is 0.308 e. The van der Waals surface area contributed by atoms with Gasteiger partial charge in [0.1, 0.15) is 0 Å². The molecular weight excluding hydrogens is 246 g/mol. The first-order chi connectivity index (χ1) is 8.67. The largest absolute Gasteiger partial charge is 0.325 e. The normalized spacial score (nSPS) is 10.1. The van der Waals surface area contributed by atoms with Crippen molar-refractivity contribution in [3.63, 3.8) is 0 Å². The fourth-order valence-corrected chi connectivity index (χ4v) is 2.20. The number of nitrogens with zero attached hydrogens (tertiary/aromatic N) is 1. The third-order valence-electron chi connectivity index (χ3n) is 2.43. The topological polar surface area (TPSA) is 54.0 Å². The van der Waals surface area contributed by atoms with Gasteiger partial charge in [-0.2, -0.15) is 0 Å². The number of amides is 2. The lowest BCUT2D eigenvalue weighted by atomic mass is 10.1. The molecule has 0 radical (unpaired) electrons. The number of aromatic nitrogens is 1. The van der Waals surface area contributed by atoms with Gasteiger partial charge in [0.25, 0.3) is 0 Å². The van der Waals surface area contributed by atoms with E-state index >= 15 is 0 Å². The summed E-state index contributed by atoms with van der Waals surface area (Å²) in [6.45, 7) is 4.03. The van der Waals surface area contributed by atoms with Crippen LogP contribution < -0.4 is 10.6 Å². The van der Waals surface area contributed by atoms with Crippen LogP contribution in [0.3, 0.4) is 0 Å². The van der Waals surface area contributed by atoms with Gasteiger partial charge in [-0.1, -0.05) is 19.1 Å². The second kappa shape index (κ2) is 5.64. The highest BCUT2D eigenvalue weighted by molar-refractivity contribution is 7.15. The lowest BCUT2D eigenvalue weighted by molar-refractivity contribution is 0.262. The van der Waals surface area contributed by atoms with Crippen LogP contribution in [0.15, 0.2) is 30.5 Å². The van der Waals surface area contributed by atoms with Crippen LogP contribution in [-0.4, -0.2) is 11.0 Å². The lowest BCUT2D eigenvalue weighted by Gasteiger charge is -2.06. The zero-order valence-corrected chi connectivity index (χ0v) is 11.2. The van der Waals surface area contributed by atoms with Crippen LogP contribution >= 0.6 is 11.3 Å². The van der Waals surface area contributed by atoms with Crippen molar-refractivity contribution in [2.24, 2.45) is 0 Å². The molecule has 0 saturated heterocycles. The van der Waals surface area contributed by atoms with Crippen LogP contribution in [0, 0.1) is 6.92 Å². The molecule has 4 nitrogen and oxygen atoms in total. The van der Waals surface area contributed by atoms with Crippen molar-refractivity contribution in [3.05, 3.63) is 40.9 Å². The van der Waals surface area contributed by atoms with Crippen molar-refractivity contribution >= 4 is 28.2 Å². The molecule has 18 heavy (non-hydrogen) atoms. The molecule has 0 aliphatic rings. The van der Waals surface area contributed by atoms with E-state index in [-0.39, 0.29) is 6.03 Å². The highest BCUT2D eigenvalue weighted by Crippen LogP contribution is 2.17. The highest BCUT2D eigenvalue weighted by Gasteiger charge is 2.05. The predicted octanol–water partition coefficient (Wildman–Crippen LogP) is 3.66. The van der Waals surface area contributed by atoms with Crippen LogP contribution in [0.2, 0.25) is 0 Å². The van der Waals surface area contributed by atoms with Gasteiger partial charge < -0.3 is 5.32 Å². The first-order valence-electron chi connectivity index (χ1n) is 5.76. The molecule has 1 aromatic heterocycles. The van der Waals surface area contributed by atoms with Crippen LogP contribution in [-0.2, 0) is 6.42 Å². The van der Waals surface area contributed by atoms with Gasteiger partial charge in [0.2, 0.25) is 0 Å². The van der Waals surface area contributed by atoms with Gasteiger partial charge >= 0.3 is 6.03 Å².